The Bertz CT molecular complexity index is 630. The third-order valence-corrected chi connectivity index (χ3v) is 6.04. The zero-order valence-electron chi connectivity index (χ0n) is 11.3. The van der Waals surface area contributed by atoms with Crippen LogP contribution in [0.4, 0.5) is 0 Å². The summed E-state index contributed by atoms with van der Waals surface area (Å²) in [6.07, 6.45) is 3.50. The molecule has 1 saturated heterocycles. The molecule has 0 aromatic carbocycles. The Morgan fingerprint density at radius 2 is 2.14 bits per heavy atom. The van der Waals surface area contributed by atoms with Gasteiger partial charge in [-0.15, -0.1) is 0 Å². The summed E-state index contributed by atoms with van der Waals surface area (Å²) in [7, 11) is -4.52. The Hall–Kier alpha value is -1.26. The first-order chi connectivity index (χ1) is 9.87. The molecule has 1 aliphatic rings. The van der Waals surface area contributed by atoms with Crippen LogP contribution in [-0.2, 0) is 32.2 Å². The van der Waals surface area contributed by atoms with Gasteiger partial charge in [0.1, 0.15) is 4.90 Å². The van der Waals surface area contributed by atoms with Crippen LogP contribution in [0.15, 0.2) is 17.3 Å². The van der Waals surface area contributed by atoms with E-state index < -0.39 is 26.8 Å². The minimum absolute atomic E-state index is 0.0135. The maximum absolute atomic E-state index is 12.2. The average Bonchev–Trinajstić information content (AvgIpc) is 2.88. The highest BCUT2D eigenvalue weighted by atomic mass is 32.2. The van der Waals surface area contributed by atoms with Crippen LogP contribution in [0.5, 0.6) is 0 Å². The van der Waals surface area contributed by atoms with E-state index >= 15 is 0 Å². The molecule has 2 N–H and O–H groups in total. The minimum Gasteiger partial charge on any atom is -0.481 e. The summed E-state index contributed by atoms with van der Waals surface area (Å²) >= 11 is 0. The monoisotopic (exact) mass is 335 g/mol. The van der Waals surface area contributed by atoms with Gasteiger partial charge in [-0.05, 0) is 12.8 Å². The molecule has 8 nitrogen and oxygen atoms in total. The lowest BCUT2D eigenvalue weighted by molar-refractivity contribution is -0.137. The van der Waals surface area contributed by atoms with Gasteiger partial charge in [0.05, 0.1) is 19.2 Å². The lowest BCUT2D eigenvalue weighted by atomic mass is 10.2. The molecule has 1 aromatic rings. The fraction of sp³-hybridized carbons (Fsp3) is 0.636. The van der Waals surface area contributed by atoms with Crippen LogP contribution in [-0.4, -0.2) is 51.0 Å². The van der Waals surface area contributed by atoms with Gasteiger partial charge in [0.2, 0.25) is 10.0 Å². The second-order valence-electron chi connectivity index (χ2n) is 4.83. The second kappa shape index (κ2) is 6.67. The molecule has 10 heteroatoms. The SMILES string of the molecule is O=C(O)CCn1cc(S(=O)(=O)NC2CCS(=O)CC2)cn1. The Balaban J connectivity index is 1.99. The van der Waals surface area contributed by atoms with E-state index in [1.165, 1.54) is 17.1 Å². The van der Waals surface area contributed by atoms with Gasteiger partial charge in [0, 0.05) is 34.5 Å². The van der Waals surface area contributed by atoms with E-state index in [0.717, 1.165) is 0 Å². The quantitative estimate of drug-likeness (QED) is 0.727. The number of aryl methyl sites for hydroxylation is 1. The van der Waals surface area contributed by atoms with Crippen molar-refractivity contribution in [1.29, 1.82) is 0 Å². The molecule has 0 spiro atoms. The molecule has 0 saturated carbocycles. The smallest absolute Gasteiger partial charge is 0.305 e. The molecule has 0 unspecified atom stereocenters. The maximum Gasteiger partial charge on any atom is 0.305 e. The first kappa shape index (κ1) is 16.1. The molecule has 1 aliphatic heterocycles. The van der Waals surface area contributed by atoms with Crippen molar-refractivity contribution in [2.75, 3.05) is 11.5 Å². The average molecular weight is 335 g/mol. The fourth-order valence-electron chi connectivity index (χ4n) is 2.01. The summed E-state index contributed by atoms with van der Waals surface area (Å²) in [5.74, 6) is 0.0408. The van der Waals surface area contributed by atoms with E-state index in [1.807, 2.05) is 0 Å². The molecular weight excluding hydrogens is 318 g/mol. The van der Waals surface area contributed by atoms with E-state index in [1.54, 1.807) is 0 Å². The number of carbonyl (C=O) groups is 1. The van der Waals surface area contributed by atoms with Gasteiger partial charge in [0.15, 0.2) is 0 Å². The highest BCUT2D eigenvalue weighted by Gasteiger charge is 2.25. The van der Waals surface area contributed by atoms with Crippen molar-refractivity contribution in [3.63, 3.8) is 0 Å². The van der Waals surface area contributed by atoms with Crippen LogP contribution in [0.2, 0.25) is 0 Å². The molecule has 1 fully saturated rings. The van der Waals surface area contributed by atoms with Gasteiger partial charge in [-0.1, -0.05) is 0 Å². The molecule has 1 aromatic heterocycles. The predicted octanol–water partition coefficient (Wildman–Crippen LogP) is -0.453. The third kappa shape index (κ3) is 4.61. The Labute approximate surface area is 125 Å². The highest BCUT2D eigenvalue weighted by Crippen LogP contribution is 2.14. The number of aliphatic carboxylic acids is 1. The van der Waals surface area contributed by atoms with E-state index in [2.05, 4.69) is 9.82 Å². The van der Waals surface area contributed by atoms with Crippen LogP contribution in [0.3, 0.4) is 0 Å². The summed E-state index contributed by atoms with van der Waals surface area (Å²) in [5.41, 5.74) is 0. The van der Waals surface area contributed by atoms with E-state index in [0.29, 0.717) is 24.3 Å². The molecule has 0 radical (unpaired) electrons. The number of rotatable bonds is 6. The fourth-order valence-corrected chi connectivity index (χ4v) is 4.57. The number of hydrogen-bond donors (Lipinski definition) is 2. The van der Waals surface area contributed by atoms with Crippen molar-refractivity contribution in [3.05, 3.63) is 12.4 Å². The summed E-state index contributed by atoms with van der Waals surface area (Å²) in [5, 5.41) is 12.4. The predicted molar refractivity (Wildman–Crippen MR) is 75.7 cm³/mol. The van der Waals surface area contributed by atoms with Crippen LogP contribution < -0.4 is 4.72 Å². The molecule has 2 rings (SSSR count). The van der Waals surface area contributed by atoms with E-state index in [9.17, 15) is 17.4 Å². The van der Waals surface area contributed by atoms with Gasteiger partial charge in [-0.3, -0.25) is 13.7 Å². The summed E-state index contributed by atoms with van der Waals surface area (Å²) in [6.45, 7) is 0.118. The van der Waals surface area contributed by atoms with Gasteiger partial charge in [-0.25, -0.2) is 13.1 Å². The van der Waals surface area contributed by atoms with Gasteiger partial charge >= 0.3 is 5.97 Å². The second-order valence-corrected chi connectivity index (χ2v) is 8.24. The zero-order chi connectivity index (χ0) is 15.5. The molecule has 0 atom stereocenters. The summed E-state index contributed by atoms with van der Waals surface area (Å²) in [4.78, 5) is 10.5. The number of nitrogens with zero attached hydrogens (tertiary/aromatic N) is 2. The number of hydrogen-bond acceptors (Lipinski definition) is 5. The number of aromatic nitrogens is 2. The molecule has 0 amide bonds. The summed E-state index contributed by atoms with van der Waals surface area (Å²) < 4.78 is 39.5. The van der Waals surface area contributed by atoms with Gasteiger partial charge < -0.3 is 5.11 Å². The molecule has 118 valence electrons. The Kier molecular flexibility index (Phi) is 5.12. The standard InChI is InChI=1S/C11H17N3O5S2/c15-11(16)1-4-14-8-10(7-12-14)21(18,19)13-9-2-5-20(17)6-3-9/h7-9,13H,1-6H2,(H,15,16). The first-order valence-electron chi connectivity index (χ1n) is 6.48. The number of carboxylic acids is 1. The van der Waals surface area contributed by atoms with Crippen LogP contribution in [0.1, 0.15) is 19.3 Å². The lowest BCUT2D eigenvalue weighted by Crippen LogP contribution is -2.39. The van der Waals surface area contributed by atoms with Crippen molar-refractivity contribution >= 4 is 26.8 Å². The van der Waals surface area contributed by atoms with E-state index in [-0.39, 0.29) is 23.9 Å². The summed E-state index contributed by atoms with van der Waals surface area (Å²) in [6, 6.07) is -0.213. The third-order valence-electron chi connectivity index (χ3n) is 3.18. The molecule has 0 aliphatic carbocycles. The first-order valence-corrected chi connectivity index (χ1v) is 9.45. The molecule has 0 bridgehead atoms. The van der Waals surface area contributed by atoms with Crippen molar-refractivity contribution in [3.8, 4) is 0 Å². The molecule has 2 heterocycles. The Morgan fingerprint density at radius 3 is 2.76 bits per heavy atom. The van der Waals surface area contributed by atoms with Crippen molar-refractivity contribution in [2.24, 2.45) is 0 Å². The molecule has 21 heavy (non-hydrogen) atoms. The minimum atomic E-state index is -3.67. The van der Waals surface area contributed by atoms with Crippen molar-refractivity contribution in [2.45, 2.75) is 36.7 Å². The van der Waals surface area contributed by atoms with Crippen molar-refractivity contribution < 1.29 is 22.5 Å². The Morgan fingerprint density at radius 1 is 1.48 bits per heavy atom. The zero-order valence-corrected chi connectivity index (χ0v) is 12.9. The maximum atomic E-state index is 12.2. The van der Waals surface area contributed by atoms with Crippen LogP contribution in [0, 0.1) is 0 Å². The number of nitrogens with one attached hydrogen (secondary N) is 1. The van der Waals surface area contributed by atoms with Crippen LogP contribution in [0.25, 0.3) is 0 Å². The molecular formula is C11H17N3O5S2. The van der Waals surface area contributed by atoms with E-state index in [4.69, 9.17) is 5.11 Å². The number of carboxylic acid groups (broad SMARTS) is 1. The topological polar surface area (TPSA) is 118 Å². The highest BCUT2D eigenvalue weighted by molar-refractivity contribution is 7.89. The largest absolute Gasteiger partial charge is 0.481 e. The van der Waals surface area contributed by atoms with Gasteiger partial charge in [0.25, 0.3) is 0 Å². The van der Waals surface area contributed by atoms with Gasteiger partial charge in [-0.2, -0.15) is 5.10 Å². The van der Waals surface area contributed by atoms with Crippen LogP contribution >= 0.6 is 0 Å². The lowest BCUT2D eigenvalue weighted by Gasteiger charge is -2.21. The number of sulfonamides is 1. The normalized spacial score (nSPS) is 23.0. The van der Waals surface area contributed by atoms with Crippen molar-refractivity contribution in [1.82, 2.24) is 14.5 Å².